The number of carboxylic acid groups (broad SMARTS) is 1. The summed E-state index contributed by atoms with van der Waals surface area (Å²) < 4.78 is 12.1. The Bertz CT molecular complexity index is 931. The molecule has 1 heterocycles. The minimum atomic E-state index is -1.08. The van der Waals surface area contributed by atoms with Gasteiger partial charge in [-0.25, -0.2) is 9.48 Å². The standard InChI is InChI=1S/C19H18N2O4/c1-12-9-13(7-8-18(12)25-3)17-11-16(19(22)23)20-21(17)14-5-4-6-15(10-14)24-2/h4-11H,1-3H3,(H,22,23). The van der Waals surface area contributed by atoms with E-state index in [1.165, 1.54) is 0 Å². The molecule has 1 aromatic heterocycles. The van der Waals surface area contributed by atoms with Gasteiger partial charge < -0.3 is 14.6 Å². The molecule has 0 radical (unpaired) electrons. The van der Waals surface area contributed by atoms with E-state index in [4.69, 9.17) is 9.47 Å². The number of rotatable bonds is 5. The second-order valence-corrected chi connectivity index (χ2v) is 5.52. The topological polar surface area (TPSA) is 73.6 Å². The maximum atomic E-state index is 11.4. The summed E-state index contributed by atoms with van der Waals surface area (Å²) >= 11 is 0. The van der Waals surface area contributed by atoms with Crippen LogP contribution >= 0.6 is 0 Å². The van der Waals surface area contributed by atoms with Gasteiger partial charge in [-0.15, -0.1) is 0 Å². The lowest BCUT2D eigenvalue weighted by Gasteiger charge is -2.11. The van der Waals surface area contributed by atoms with Gasteiger partial charge in [-0.05, 0) is 48.9 Å². The van der Waals surface area contributed by atoms with Gasteiger partial charge in [0, 0.05) is 11.6 Å². The monoisotopic (exact) mass is 338 g/mol. The molecular weight excluding hydrogens is 320 g/mol. The zero-order valence-corrected chi connectivity index (χ0v) is 14.2. The number of benzene rings is 2. The first-order valence-corrected chi connectivity index (χ1v) is 7.66. The van der Waals surface area contributed by atoms with Gasteiger partial charge in [0.15, 0.2) is 5.69 Å². The van der Waals surface area contributed by atoms with Crippen LogP contribution in [0.5, 0.6) is 11.5 Å². The number of carboxylic acids is 1. The molecule has 128 valence electrons. The molecule has 0 saturated heterocycles. The lowest BCUT2D eigenvalue weighted by Crippen LogP contribution is -2.02. The summed E-state index contributed by atoms with van der Waals surface area (Å²) in [6.07, 6.45) is 0. The van der Waals surface area contributed by atoms with Gasteiger partial charge in [-0.3, -0.25) is 0 Å². The molecule has 0 atom stereocenters. The van der Waals surface area contributed by atoms with Crippen LogP contribution in [0.1, 0.15) is 16.1 Å². The maximum absolute atomic E-state index is 11.4. The van der Waals surface area contributed by atoms with E-state index in [-0.39, 0.29) is 5.69 Å². The van der Waals surface area contributed by atoms with Crippen molar-refractivity contribution in [3.63, 3.8) is 0 Å². The second kappa shape index (κ2) is 6.68. The van der Waals surface area contributed by atoms with Crippen molar-refractivity contribution in [1.82, 2.24) is 9.78 Å². The van der Waals surface area contributed by atoms with Crippen LogP contribution in [0.2, 0.25) is 0 Å². The molecule has 25 heavy (non-hydrogen) atoms. The molecule has 6 nitrogen and oxygen atoms in total. The Morgan fingerprint density at radius 3 is 2.52 bits per heavy atom. The number of hydrogen-bond acceptors (Lipinski definition) is 4. The van der Waals surface area contributed by atoms with Gasteiger partial charge >= 0.3 is 5.97 Å². The number of carbonyl (C=O) groups is 1. The highest BCUT2D eigenvalue weighted by Gasteiger charge is 2.17. The quantitative estimate of drug-likeness (QED) is 0.770. The van der Waals surface area contributed by atoms with Crippen LogP contribution in [-0.4, -0.2) is 35.1 Å². The molecule has 0 aliphatic rings. The first-order valence-electron chi connectivity index (χ1n) is 7.66. The van der Waals surface area contributed by atoms with E-state index in [0.29, 0.717) is 11.4 Å². The summed E-state index contributed by atoms with van der Waals surface area (Å²) in [7, 11) is 3.20. The fourth-order valence-electron chi connectivity index (χ4n) is 2.67. The van der Waals surface area contributed by atoms with Crippen molar-refractivity contribution in [2.24, 2.45) is 0 Å². The van der Waals surface area contributed by atoms with E-state index in [1.54, 1.807) is 31.0 Å². The third-order valence-corrected chi connectivity index (χ3v) is 3.92. The van der Waals surface area contributed by atoms with E-state index < -0.39 is 5.97 Å². The minimum absolute atomic E-state index is 0.0220. The van der Waals surface area contributed by atoms with Gasteiger partial charge in [0.2, 0.25) is 0 Å². The predicted octanol–water partition coefficient (Wildman–Crippen LogP) is 3.56. The van der Waals surface area contributed by atoms with Crippen molar-refractivity contribution >= 4 is 5.97 Å². The second-order valence-electron chi connectivity index (χ2n) is 5.52. The smallest absolute Gasteiger partial charge is 0.356 e. The van der Waals surface area contributed by atoms with E-state index in [0.717, 1.165) is 22.6 Å². The Morgan fingerprint density at radius 2 is 1.88 bits per heavy atom. The van der Waals surface area contributed by atoms with Crippen molar-refractivity contribution in [3.8, 4) is 28.4 Å². The lowest BCUT2D eigenvalue weighted by molar-refractivity contribution is 0.0690. The normalized spacial score (nSPS) is 10.5. The van der Waals surface area contributed by atoms with Crippen molar-refractivity contribution in [3.05, 3.63) is 59.8 Å². The van der Waals surface area contributed by atoms with Crippen LogP contribution in [0.3, 0.4) is 0 Å². The molecule has 0 spiro atoms. The molecule has 3 rings (SSSR count). The highest BCUT2D eigenvalue weighted by molar-refractivity contribution is 5.87. The van der Waals surface area contributed by atoms with Crippen molar-refractivity contribution in [2.75, 3.05) is 14.2 Å². The minimum Gasteiger partial charge on any atom is -0.497 e. The van der Waals surface area contributed by atoms with Crippen molar-refractivity contribution < 1.29 is 19.4 Å². The van der Waals surface area contributed by atoms with E-state index >= 15 is 0 Å². The summed E-state index contributed by atoms with van der Waals surface area (Å²) in [6.45, 7) is 1.94. The lowest BCUT2D eigenvalue weighted by atomic mass is 10.1. The first kappa shape index (κ1) is 16.6. The van der Waals surface area contributed by atoms with Gasteiger partial charge in [0.25, 0.3) is 0 Å². The van der Waals surface area contributed by atoms with Crippen LogP contribution in [-0.2, 0) is 0 Å². The molecule has 0 unspecified atom stereocenters. The number of hydrogen-bond donors (Lipinski definition) is 1. The third-order valence-electron chi connectivity index (χ3n) is 3.92. The summed E-state index contributed by atoms with van der Waals surface area (Å²) in [5.41, 5.74) is 3.18. The Morgan fingerprint density at radius 1 is 1.08 bits per heavy atom. The number of aromatic carboxylic acids is 1. The molecular formula is C19H18N2O4. The van der Waals surface area contributed by atoms with Gasteiger partial charge in [-0.1, -0.05) is 6.07 Å². The molecule has 2 aromatic carbocycles. The molecule has 1 N–H and O–H groups in total. The van der Waals surface area contributed by atoms with Crippen molar-refractivity contribution in [2.45, 2.75) is 6.92 Å². The summed E-state index contributed by atoms with van der Waals surface area (Å²) in [5, 5.41) is 13.6. The van der Waals surface area contributed by atoms with Crippen LogP contribution < -0.4 is 9.47 Å². The SMILES string of the molecule is COc1cccc(-n2nc(C(=O)O)cc2-c2ccc(OC)c(C)c2)c1. The largest absolute Gasteiger partial charge is 0.497 e. The average Bonchev–Trinajstić information content (AvgIpc) is 3.07. The Labute approximate surface area is 145 Å². The predicted molar refractivity (Wildman–Crippen MR) is 93.8 cm³/mol. The van der Waals surface area contributed by atoms with E-state index in [1.807, 2.05) is 43.3 Å². The third kappa shape index (κ3) is 3.19. The van der Waals surface area contributed by atoms with Gasteiger partial charge in [0.1, 0.15) is 11.5 Å². The number of methoxy groups -OCH3 is 2. The molecule has 6 heteroatoms. The zero-order chi connectivity index (χ0) is 18.0. The highest BCUT2D eigenvalue weighted by Crippen LogP contribution is 2.29. The molecule has 0 amide bonds. The number of aryl methyl sites for hydroxylation is 1. The maximum Gasteiger partial charge on any atom is 0.356 e. The molecule has 0 saturated carbocycles. The number of ether oxygens (including phenoxy) is 2. The molecule has 0 fully saturated rings. The highest BCUT2D eigenvalue weighted by atomic mass is 16.5. The Kier molecular flexibility index (Phi) is 4.43. The van der Waals surface area contributed by atoms with Crippen LogP contribution in [0.4, 0.5) is 0 Å². The summed E-state index contributed by atoms with van der Waals surface area (Å²) in [5.74, 6) is 0.365. The van der Waals surface area contributed by atoms with Crippen LogP contribution in [0.25, 0.3) is 16.9 Å². The van der Waals surface area contributed by atoms with Gasteiger partial charge in [-0.2, -0.15) is 5.10 Å². The van der Waals surface area contributed by atoms with Crippen molar-refractivity contribution in [1.29, 1.82) is 0 Å². The van der Waals surface area contributed by atoms with Crippen LogP contribution in [0, 0.1) is 6.92 Å². The number of nitrogens with zero attached hydrogens (tertiary/aromatic N) is 2. The molecule has 0 bridgehead atoms. The Hall–Kier alpha value is -3.28. The molecule has 0 aliphatic carbocycles. The number of aromatic nitrogens is 2. The van der Waals surface area contributed by atoms with E-state index in [2.05, 4.69) is 5.10 Å². The Balaban J connectivity index is 2.18. The van der Waals surface area contributed by atoms with Crippen LogP contribution in [0.15, 0.2) is 48.5 Å². The average molecular weight is 338 g/mol. The molecule has 0 aliphatic heterocycles. The fourth-order valence-corrected chi connectivity index (χ4v) is 2.67. The van der Waals surface area contributed by atoms with Gasteiger partial charge in [0.05, 0.1) is 25.6 Å². The summed E-state index contributed by atoms with van der Waals surface area (Å²) in [4.78, 5) is 11.4. The first-order chi connectivity index (χ1) is 12.0. The zero-order valence-electron chi connectivity index (χ0n) is 14.2. The van der Waals surface area contributed by atoms with E-state index in [9.17, 15) is 9.90 Å². The summed E-state index contributed by atoms with van der Waals surface area (Å²) in [6, 6.07) is 14.5. The molecule has 3 aromatic rings. The fraction of sp³-hybridized carbons (Fsp3) is 0.158.